The van der Waals surface area contributed by atoms with Crippen LogP contribution in [0, 0.1) is 0 Å². The van der Waals surface area contributed by atoms with Crippen molar-refractivity contribution in [1.82, 2.24) is 18.3 Å². The molecule has 0 aliphatic carbocycles. The zero-order valence-corrected chi connectivity index (χ0v) is 69.6. The van der Waals surface area contributed by atoms with Gasteiger partial charge in [-0.15, -0.1) is 0 Å². The van der Waals surface area contributed by atoms with Crippen LogP contribution in [0.25, 0.3) is 218 Å². The molecule has 27 aromatic rings. The van der Waals surface area contributed by atoms with Gasteiger partial charge in [-0.1, -0.05) is 303 Å². The molecular formula is C122H76N6. The van der Waals surface area contributed by atoms with Crippen LogP contribution in [0.4, 0.5) is 34.1 Å². The van der Waals surface area contributed by atoms with E-state index < -0.39 is 0 Å². The number of hydrogen-bond donors (Lipinski definition) is 0. The van der Waals surface area contributed by atoms with Crippen molar-refractivity contribution >= 4 is 208 Å². The number of fused-ring (bicyclic) bond motifs is 26. The van der Waals surface area contributed by atoms with Crippen molar-refractivity contribution in [2.75, 3.05) is 9.80 Å². The lowest BCUT2D eigenvalue weighted by Gasteiger charge is -2.31. The van der Waals surface area contributed by atoms with E-state index in [1.165, 1.54) is 119 Å². The van der Waals surface area contributed by atoms with Crippen LogP contribution >= 0.6 is 0 Å². The Kier molecular flexibility index (Phi) is 15.8. The summed E-state index contributed by atoms with van der Waals surface area (Å²) >= 11 is 0. The highest BCUT2D eigenvalue weighted by molar-refractivity contribution is 6.31. The molecule has 0 atom stereocenters. The van der Waals surface area contributed by atoms with Gasteiger partial charge in [0.2, 0.25) is 0 Å². The van der Waals surface area contributed by atoms with Crippen LogP contribution in [-0.4, -0.2) is 18.3 Å². The summed E-state index contributed by atoms with van der Waals surface area (Å²) in [6.07, 6.45) is 0. The van der Waals surface area contributed by atoms with E-state index in [-0.39, 0.29) is 0 Å². The average molecular weight is 1630 g/mol. The molecule has 27 rings (SSSR count). The molecule has 0 spiro atoms. The number of rotatable bonds is 12. The first-order valence-corrected chi connectivity index (χ1v) is 44.2. The Balaban J connectivity index is 0.705. The number of aromatic nitrogens is 4. The fraction of sp³-hybridized carbons (Fsp3) is 0. The molecule has 0 aliphatic rings. The Bertz CT molecular complexity index is 9310. The lowest BCUT2D eigenvalue weighted by molar-refractivity contribution is 1.18. The van der Waals surface area contributed by atoms with Crippen molar-refractivity contribution in [3.05, 3.63) is 461 Å². The Morgan fingerprint density at radius 3 is 0.836 bits per heavy atom. The second kappa shape index (κ2) is 28.2. The van der Waals surface area contributed by atoms with E-state index in [0.29, 0.717) is 0 Å². The highest BCUT2D eigenvalue weighted by Crippen LogP contribution is 2.53. The van der Waals surface area contributed by atoms with E-state index in [9.17, 15) is 0 Å². The van der Waals surface area contributed by atoms with Gasteiger partial charge in [0.1, 0.15) is 0 Å². The van der Waals surface area contributed by atoms with E-state index in [1.54, 1.807) is 0 Å². The number of nitrogens with zero attached hydrogens (tertiary/aromatic N) is 6. The van der Waals surface area contributed by atoms with E-state index in [4.69, 9.17) is 0 Å². The Morgan fingerprint density at radius 1 is 0.133 bits per heavy atom. The first kappa shape index (κ1) is 71.5. The van der Waals surface area contributed by atoms with Crippen molar-refractivity contribution in [1.29, 1.82) is 0 Å². The molecule has 4 aromatic heterocycles. The molecule has 0 saturated heterocycles. The summed E-state index contributed by atoms with van der Waals surface area (Å²) in [6, 6.07) is 172. The fourth-order valence-electron chi connectivity index (χ4n) is 21.7. The molecule has 0 N–H and O–H groups in total. The van der Waals surface area contributed by atoms with Crippen molar-refractivity contribution in [3.63, 3.8) is 0 Å². The molecule has 6 nitrogen and oxygen atoms in total. The van der Waals surface area contributed by atoms with Gasteiger partial charge in [-0.2, -0.15) is 0 Å². The van der Waals surface area contributed by atoms with Gasteiger partial charge in [-0.25, -0.2) is 0 Å². The summed E-state index contributed by atoms with van der Waals surface area (Å²) in [5.41, 5.74) is 24.3. The average Bonchev–Trinajstić information content (AvgIpc) is 1.53. The van der Waals surface area contributed by atoms with Crippen LogP contribution in [0.2, 0.25) is 0 Å². The molecule has 0 amide bonds. The SMILES string of the molecule is c1ccc(-n2c3ccccc3c3ccc(-c4ccc(N(c5ccc6c7cc8c9ccccc9c9ccccc9c8cc7n(-c7ccccc7)c6c5)c5cccc6c(N(c7ccc(-c8ccc9c%10ccccc%10n(-c%10ccccc%10)c9c8)cc7)c7ccc8c9cc%10c%11ccccc%11c%11ccccc%11c%10cc9n(-c9ccccc9)c8c7)c7ccccc7cc56)cc4)cc32)cc1. The first-order chi connectivity index (χ1) is 63.5. The van der Waals surface area contributed by atoms with E-state index in [0.717, 1.165) is 134 Å². The Morgan fingerprint density at radius 2 is 0.414 bits per heavy atom. The number of hydrogen-bond acceptors (Lipinski definition) is 2. The second-order valence-electron chi connectivity index (χ2n) is 34.2. The third-order valence-corrected chi connectivity index (χ3v) is 27.4. The predicted octanol–water partition coefficient (Wildman–Crippen LogP) is 33.6. The molecule has 594 valence electrons. The topological polar surface area (TPSA) is 26.2 Å². The van der Waals surface area contributed by atoms with Gasteiger partial charge in [-0.05, 0) is 250 Å². The molecule has 0 unspecified atom stereocenters. The summed E-state index contributed by atoms with van der Waals surface area (Å²) < 4.78 is 9.84. The van der Waals surface area contributed by atoms with Crippen LogP contribution in [0.15, 0.2) is 461 Å². The molecule has 0 fully saturated rings. The summed E-state index contributed by atoms with van der Waals surface area (Å²) in [6.45, 7) is 0. The normalized spacial score (nSPS) is 12.1. The van der Waals surface area contributed by atoms with Crippen LogP contribution in [0.3, 0.4) is 0 Å². The van der Waals surface area contributed by atoms with Crippen molar-refractivity contribution < 1.29 is 0 Å². The van der Waals surface area contributed by atoms with Gasteiger partial charge in [-0.3, -0.25) is 0 Å². The van der Waals surface area contributed by atoms with Gasteiger partial charge < -0.3 is 28.1 Å². The van der Waals surface area contributed by atoms with Gasteiger partial charge in [0.15, 0.2) is 0 Å². The largest absolute Gasteiger partial charge is 0.310 e. The van der Waals surface area contributed by atoms with E-state index in [1.807, 2.05) is 0 Å². The minimum absolute atomic E-state index is 1.02. The zero-order valence-electron chi connectivity index (χ0n) is 69.6. The van der Waals surface area contributed by atoms with Crippen LogP contribution in [0.1, 0.15) is 0 Å². The maximum Gasteiger partial charge on any atom is 0.0619 e. The quantitative estimate of drug-likeness (QED) is 0.0900. The maximum atomic E-state index is 2.56. The molecule has 0 saturated carbocycles. The van der Waals surface area contributed by atoms with Crippen LogP contribution < -0.4 is 9.80 Å². The third kappa shape index (κ3) is 10.9. The van der Waals surface area contributed by atoms with E-state index in [2.05, 4.69) is 489 Å². The predicted molar refractivity (Wildman–Crippen MR) is 544 cm³/mol. The van der Waals surface area contributed by atoms with Gasteiger partial charge in [0.25, 0.3) is 0 Å². The lowest BCUT2D eigenvalue weighted by atomic mass is 9.93. The first-order valence-electron chi connectivity index (χ1n) is 44.2. The molecule has 128 heavy (non-hydrogen) atoms. The minimum Gasteiger partial charge on any atom is -0.310 e. The third-order valence-electron chi connectivity index (χ3n) is 27.4. The molecule has 6 heteroatoms. The summed E-state index contributed by atoms with van der Waals surface area (Å²) in [5.74, 6) is 0. The monoisotopic (exact) mass is 1620 g/mol. The van der Waals surface area contributed by atoms with Gasteiger partial charge in [0.05, 0.1) is 55.5 Å². The molecule has 4 heterocycles. The zero-order chi connectivity index (χ0) is 83.8. The summed E-state index contributed by atoms with van der Waals surface area (Å²) in [5, 5.41) is 29.0. The van der Waals surface area contributed by atoms with Gasteiger partial charge >= 0.3 is 0 Å². The van der Waals surface area contributed by atoms with Crippen LogP contribution in [0.5, 0.6) is 0 Å². The number of benzene rings is 23. The second-order valence-corrected chi connectivity index (χ2v) is 34.2. The summed E-state index contributed by atoms with van der Waals surface area (Å²) in [7, 11) is 0. The Labute approximate surface area is 736 Å². The number of para-hydroxylation sites is 6. The smallest absolute Gasteiger partial charge is 0.0619 e. The minimum atomic E-state index is 1.02. The highest BCUT2D eigenvalue weighted by atomic mass is 15.2. The number of anilines is 6. The Hall–Kier alpha value is -17.1. The maximum absolute atomic E-state index is 2.56. The van der Waals surface area contributed by atoms with Crippen molar-refractivity contribution in [2.24, 2.45) is 0 Å². The molecule has 0 radical (unpaired) electrons. The molecular weight excluding hydrogens is 1550 g/mol. The van der Waals surface area contributed by atoms with E-state index >= 15 is 0 Å². The standard InChI is InChI=1S/C122H76N6/c1-5-29-82(30-6-1)125-113-49-25-23-46-99(113)101-64-56-79(69-116(101)125)77-52-58-86(59-53-77)123(88-62-66-103-111-73-106-95-42-19-15-38-91(95)93-40-17-21-44-97(93)108(106)75-120(111)127(118(103)71-88)84-33-9-3-10-34-84)115-51-27-48-105-110(115)68-81-28-13-14-37-90(81)122(105)124(87-60-54-78(55-61-87)80-57-65-102-100-47-24-26-50-114(100)126(117(102)70-80)83-31-7-2-8-32-83)89-63-67-104-112-74-107-96-43-20-16-39-92(96)94-41-18-22-45-98(94)109(107)76-121(112)128(119(104)72-89)85-35-11-4-12-36-85/h1-76H. The van der Waals surface area contributed by atoms with Gasteiger partial charge in [0, 0.05) is 105 Å². The molecule has 0 aliphatic heterocycles. The van der Waals surface area contributed by atoms with Crippen LogP contribution in [-0.2, 0) is 0 Å². The molecule has 23 aromatic carbocycles. The molecule has 0 bridgehead atoms. The van der Waals surface area contributed by atoms with Crippen molar-refractivity contribution in [3.8, 4) is 45.0 Å². The summed E-state index contributed by atoms with van der Waals surface area (Å²) in [4.78, 5) is 5.09. The van der Waals surface area contributed by atoms with Crippen molar-refractivity contribution in [2.45, 2.75) is 0 Å². The highest BCUT2D eigenvalue weighted by Gasteiger charge is 2.28. The fourth-order valence-corrected chi connectivity index (χ4v) is 21.7. The lowest BCUT2D eigenvalue weighted by Crippen LogP contribution is -2.13.